The van der Waals surface area contributed by atoms with Crippen LogP contribution in [0.1, 0.15) is 64.5 Å². The number of hydrogen-bond acceptors (Lipinski definition) is 4. The van der Waals surface area contributed by atoms with E-state index in [2.05, 4.69) is 134 Å². The van der Waals surface area contributed by atoms with E-state index in [-0.39, 0.29) is 0 Å². The van der Waals surface area contributed by atoms with Crippen LogP contribution >= 0.6 is 0 Å². The van der Waals surface area contributed by atoms with Gasteiger partial charge in [-0.1, -0.05) is 153 Å². The molecule has 0 bridgehead atoms. The Hall–Kier alpha value is -5.88. The lowest BCUT2D eigenvalue weighted by Crippen LogP contribution is -2.39. The minimum atomic E-state index is -0.848. The molecule has 248 valence electrons. The van der Waals surface area contributed by atoms with Crippen molar-refractivity contribution < 1.29 is 4.73 Å². The van der Waals surface area contributed by atoms with Gasteiger partial charge in [0, 0.05) is 37.0 Å². The Labute approximate surface area is 294 Å². The first kappa shape index (κ1) is 32.7. The van der Waals surface area contributed by atoms with Crippen LogP contribution in [0.5, 0.6) is 0 Å². The van der Waals surface area contributed by atoms with Crippen LogP contribution in [0, 0.1) is 19.1 Å². The monoisotopic (exact) mass is 655 g/mol. The molecule has 0 fully saturated rings. The van der Waals surface area contributed by atoms with Gasteiger partial charge in [0.1, 0.15) is 5.54 Å². The molecule has 0 saturated carbocycles. The first-order chi connectivity index (χ1) is 24.5. The fourth-order valence-electron chi connectivity index (χ4n) is 7.28. The lowest BCUT2D eigenvalue weighted by Gasteiger charge is -2.36. The van der Waals surface area contributed by atoms with Crippen molar-refractivity contribution in [1.82, 2.24) is 20.2 Å². The van der Waals surface area contributed by atoms with Crippen molar-refractivity contribution in [2.75, 3.05) is 0 Å². The zero-order valence-corrected chi connectivity index (χ0v) is 28.8. The maximum Gasteiger partial charge on any atom is 0.196 e. The Morgan fingerprint density at radius 2 is 1.22 bits per heavy atom. The van der Waals surface area contributed by atoms with Crippen molar-refractivity contribution in [2.45, 2.75) is 52.0 Å². The van der Waals surface area contributed by atoms with Gasteiger partial charge in [-0.2, -0.15) is 4.73 Å². The van der Waals surface area contributed by atoms with E-state index >= 15 is 0 Å². The third-order valence-electron chi connectivity index (χ3n) is 9.76. The molecule has 0 radical (unpaired) electrons. The molecule has 50 heavy (non-hydrogen) atoms. The average Bonchev–Trinajstić information content (AvgIpc) is 3.66. The van der Waals surface area contributed by atoms with Gasteiger partial charge in [-0.25, -0.2) is 4.68 Å². The van der Waals surface area contributed by atoms with Crippen molar-refractivity contribution in [2.24, 2.45) is 0 Å². The van der Waals surface area contributed by atoms with E-state index < -0.39 is 5.54 Å². The lowest BCUT2D eigenvalue weighted by atomic mass is 9.77. The van der Waals surface area contributed by atoms with E-state index in [0.29, 0.717) is 12.2 Å². The van der Waals surface area contributed by atoms with Crippen molar-refractivity contribution in [3.05, 3.63) is 196 Å². The lowest BCUT2D eigenvalue weighted by molar-refractivity contribution is -0.621. The minimum absolute atomic E-state index is 0.664. The molecule has 0 spiro atoms. The molecule has 0 aliphatic carbocycles. The maximum atomic E-state index is 13.1. The van der Waals surface area contributed by atoms with Crippen LogP contribution in [-0.4, -0.2) is 20.2 Å². The summed E-state index contributed by atoms with van der Waals surface area (Å²) in [5.41, 5.74) is 10.4. The van der Waals surface area contributed by atoms with Crippen molar-refractivity contribution in [3.63, 3.8) is 0 Å². The fourth-order valence-corrected chi connectivity index (χ4v) is 7.28. The third kappa shape index (κ3) is 5.98. The zero-order chi connectivity index (χ0) is 34.5. The SMILES string of the molecule is CCCCc1c(Cc2ccc(-c3ccccc3-c3nnnn3C(c3ccccc3)(c3ccccc3)c3ccccc3)cc2)c(C)cc(C)[n+]1[O-]. The van der Waals surface area contributed by atoms with Gasteiger partial charge < -0.3 is 5.21 Å². The van der Waals surface area contributed by atoms with Crippen molar-refractivity contribution in [1.29, 1.82) is 0 Å². The van der Waals surface area contributed by atoms with Crippen LogP contribution in [0.3, 0.4) is 0 Å². The second-order valence-electron chi connectivity index (χ2n) is 12.9. The first-order valence-corrected chi connectivity index (χ1v) is 17.4. The second-order valence-corrected chi connectivity index (χ2v) is 12.9. The van der Waals surface area contributed by atoms with E-state index in [0.717, 1.165) is 79.9 Å². The zero-order valence-electron chi connectivity index (χ0n) is 28.8. The van der Waals surface area contributed by atoms with Crippen LogP contribution in [0.2, 0.25) is 0 Å². The van der Waals surface area contributed by atoms with Crippen LogP contribution in [-0.2, 0) is 18.4 Å². The Bertz CT molecular complexity index is 2100. The number of unbranched alkanes of at least 4 members (excludes halogenated alkanes) is 1. The quantitative estimate of drug-likeness (QED) is 0.0792. The molecule has 0 N–H and O–H groups in total. The van der Waals surface area contributed by atoms with Gasteiger partial charge in [0.2, 0.25) is 0 Å². The molecule has 7 rings (SSSR count). The van der Waals surface area contributed by atoms with Gasteiger partial charge in [0.15, 0.2) is 17.2 Å². The van der Waals surface area contributed by atoms with E-state index in [4.69, 9.17) is 10.3 Å². The summed E-state index contributed by atoms with van der Waals surface area (Å²) in [6, 6.07) is 50.4. The van der Waals surface area contributed by atoms with Crippen LogP contribution in [0.15, 0.2) is 146 Å². The van der Waals surface area contributed by atoms with Gasteiger partial charge >= 0.3 is 0 Å². The first-order valence-electron chi connectivity index (χ1n) is 17.4. The van der Waals surface area contributed by atoms with E-state index in [1.54, 1.807) is 0 Å². The molecule has 2 heterocycles. The molecule has 0 saturated heterocycles. The average molecular weight is 656 g/mol. The number of tetrazole rings is 1. The molecule has 0 amide bonds. The standard InChI is InChI=1S/C44H41N5O/c1-4-5-25-42-41(32(2)30-33(3)48(42)50)31-34-26-28-35(29-27-34)39-23-15-16-24-40(39)43-45-46-47-49(43)44(36-17-9-6-10-18-36,37-19-11-7-12-20-37)38-21-13-8-14-22-38/h6-24,26-30H,4-5,25,31H2,1-3H3. The summed E-state index contributed by atoms with van der Waals surface area (Å²) in [7, 11) is 0. The number of benzene rings is 5. The molecule has 0 unspecified atom stereocenters. The smallest absolute Gasteiger partial charge is 0.196 e. The number of pyridine rings is 1. The number of nitrogens with zero attached hydrogens (tertiary/aromatic N) is 5. The normalized spacial score (nSPS) is 11.5. The molecule has 6 heteroatoms. The summed E-state index contributed by atoms with van der Waals surface area (Å²) in [6.07, 6.45) is 3.54. The van der Waals surface area contributed by atoms with Crippen LogP contribution < -0.4 is 4.73 Å². The predicted molar refractivity (Wildman–Crippen MR) is 200 cm³/mol. The molecule has 6 nitrogen and oxygen atoms in total. The minimum Gasteiger partial charge on any atom is -0.618 e. The van der Waals surface area contributed by atoms with Crippen molar-refractivity contribution in [3.8, 4) is 22.5 Å². The Morgan fingerprint density at radius 3 is 1.78 bits per heavy atom. The highest BCUT2D eigenvalue weighted by molar-refractivity contribution is 5.81. The summed E-state index contributed by atoms with van der Waals surface area (Å²) >= 11 is 0. The van der Waals surface area contributed by atoms with E-state index in [1.807, 2.05) is 41.9 Å². The topological polar surface area (TPSA) is 70.5 Å². The van der Waals surface area contributed by atoms with Gasteiger partial charge in [-0.3, -0.25) is 0 Å². The number of hydrogen-bond donors (Lipinski definition) is 0. The molecule has 2 aromatic heterocycles. The van der Waals surface area contributed by atoms with Crippen LogP contribution in [0.25, 0.3) is 22.5 Å². The summed E-state index contributed by atoms with van der Waals surface area (Å²) in [4.78, 5) is 0. The highest BCUT2D eigenvalue weighted by atomic mass is 16.5. The van der Waals surface area contributed by atoms with Gasteiger partial charge in [0.25, 0.3) is 0 Å². The van der Waals surface area contributed by atoms with Crippen molar-refractivity contribution >= 4 is 0 Å². The molecular weight excluding hydrogens is 615 g/mol. The highest BCUT2D eigenvalue weighted by Gasteiger charge is 2.42. The summed E-state index contributed by atoms with van der Waals surface area (Å²) in [5, 5.41) is 26.9. The van der Waals surface area contributed by atoms with E-state index in [1.165, 1.54) is 5.56 Å². The Balaban J connectivity index is 1.34. The number of aryl methyl sites for hydroxylation is 2. The van der Waals surface area contributed by atoms with E-state index in [9.17, 15) is 5.21 Å². The maximum absolute atomic E-state index is 13.1. The van der Waals surface area contributed by atoms with Gasteiger partial charge in [-0.15, -0.1) is 5.10 Å². The summed E-state index contributed by atoms with van der Waals surface area (Å²) < 4.78 is 3.11. The molecule has 7 aromatic rings. The molecule has 0 aliphatic rings. The largest absolute Gasteiger partial charge is 0.618 e. The Kier molecular flexibility index (Phi) is 9.35. The van der Waals surface area contributed by atoms with Crippen LogP contribution in [0.4, 0.5) is 0 Å². The molecule has 0 aliphatic heterocycles. The molecular formula is C44H41N5O. The van der Waals surface area contributed by atoms with Gasteiger partial charge in [-0.05, 0) is 62.7 Å². The fraction of sp³-hybridized carbons (Fsp3) is 0.182. The molecule has 5 aromatic carbocycles. The predicted octanol–water partition coefficient (Wildman–Crippen LogP) is 9.03. The Morgan fingerprint density at radius 1 is 0.680 bits per heavy atom. The summed E-state index contributed by atoms with van der Waals surface area (Å²) in [6.45, 7) is 6.18. The second kappa shape index (κ2) is 14.3. The molecule has 0 atom stereocenters. The summed E-state index contributed by atoms with van der Waals surface area (Å²) in [5.74, 6) is 0.664. The number of aromatic nitrogens is 5. The number of rotatable bonds is 11. The van der Waals surface area contributed by atoms with Gasteiger partial charge in [0.05, 0.1) is 0 Å². The third-order valence-corrected chi connectivity index (χ3v) is 9.76. The highest BCUT2D eigenvalue weighted by Crippen LogP contribution is 2.43.